The second kappa shape index (κ2) is 4.90. The van der Waals surface area contributed by atoms with Gasteiger partial charge < -0.3 is 10.6 Å². The third-order valence-electron chi connectivity index (χ3n) is 4.41. The molecule has 1 aromatic rings. The molecule has 0 amide bonds. The summed E-state index contributed by atoms with van der Waals surface area (Å²) in [6, 6.07) is 7.10. The Morgan fingerprint density at radius 2 is 2.06 bits per heavy atom. The molecule has 1 unspecified atom stereocenters. The number of benzene rings is 1. The SMILES string of the molecule is CN1CCCN(C2CCc3cc(N)ccc32)CC1. The Kier molecular flexibility index (Phi) is 3.27. The average Bonchev–Trinajstić information content (AvgIpc) is 2.64. The van der Waals surface area contributed by atoms with E-state index in [1.165, 1.54) is 56.6 Å². The fourth-order valence-corrected chi connectivity index (χ4v) is 3.37. The summed E-state index contributed by atoms with van der Waals surface area (Å²) >= 11 is 0. The van der Waals surface area contributed by atoms with Gasteiger partial charge in [-0.05, 0) is 56.1 Å². The second-order valence-electron chi connectivity index (χ2n) is 5.71. The van der Waals surface area contributed by atoms with Crippen LogP contribution in [0.15, 0.2) is 18.2 Å². The zero-order valence-electron chi connectivity index (χ0n) is 11.2. The molecule has 1 saturated heterocycles. The highest BCUT2D eigenvalue weighted by atomic mass is 15.2. The number of fused-ring (bicyclic) bond motifs is 1. The van der Waals surface area contributed by atoms with Crippen LogP contribution < -0.4 is 5.73 Å². The van der Waals surface area contributed by atoms with E-state index in [0.29, 0.717) is 6.04 Å². The van der Waals surface area contributed by atoms with Crippen molar-refractivity contribution in [3.63, 3.8) is 0 Å². The van der Waals surface area contributed by atoms with E-state index < -0.39 is 0 Å². The van der Waals surface area contributed by atoms with Crippen LogP contribution in [0.1, 0.15) is 30.0 Å². The lowest BCUT2D eigenvalue weighted by Crippen LogP contribution is -2.31. The zero-order valence-corrected chi connectivity index (χ0v) is 11.2. The monoisotopic (exact) mass is 245 g/mol. The molecule has 1 aliphatic carbocycles. The number of hydrogen-bond donors (Lipinski definition) is 1. The molecule has 1 aliphatic heterocycles. The molecule has 3 heteroatoms. The van der Waals surface area contributed by atoms with Crippen molar-refractivity contribution >= 4 is 5.69 Å². The Bertz CT molecular complexity index is 430. The van der Waals surface area contributed by atoms with Crippen LogP contribution in [0, 0.1) is 0 Å². The Labute approximate surface area is 110 Å². The number of aryl methyl sites for hydroxylation is 1. The quantitative estimate of drug-likeness (QED) is 0.767. The summed E-state index contributed by atoms with van der Waals surface area (Å²) in [7, 11) is 2.23. The van der Waals surface area contributed by atoms with Gasteiger partial charge in [0.2, 0.25) is 0 Å². The smallest absolute Gasteiger partial charge is 0.0354 e. The molecule has 18 heavy (non-hydrogen) atoms. The topological polar surface area (TPSA) is 32.5 Å². The van der Waals surface area contributed by atoms with E-state index in [0.717, 1.165) is 5.69 Å². The Balaban J connectivity index is 1.79. The molecule has 1 fully saturated rings. The molecule has 2 aliphatic rings. The Morgan fingerprint density at radius 3 is 2.94 bits per heavy atom. The van der Waals surface area contributed by atoms with Gasteiger partial charge in [-0.3, -0.25) is 4.90 Å². The van der Waals surface area contributed by atoms with E-state index in [2.05, 4.69) is 35.0 Å². The van der Waals surface area contributed by atoms with Crippen LogP contribution in [0.2, 0.25) is 0 Å². The highest BCUT2D eigenvalue weighted by Gasteiger charge is 2.28. The highest BCUT2D eigenvalue weighted by molar-refractivity contribution is 5.47. The lowest BCUT2D eigenvalue weighted by Gasteiger charge is -2.28. The first-order valence-corrected chi connectivity index (χ1v) is 7.05. The predicted molar refractivity (Wildman–Crippen MR) is 75.6 cm³/mol. The third kappa shape index (κ3) is 2.25. The van der Waals surface area contributed by atoms with Gasteiger partial charge in [0.15, 0.2) is 0 Å². The van der Waals surface area contributed by atoms with Gasteiger partial charge in [-0.1, -0.05) is 6.07 Å². The number of nitrogen functional groups attached to an aromatic ring is 1. The minimum atomic E-state index is 0.632. The molecule has 2 N–H and O–H groups in total. The van der Waals surface area contributed by atoms with Gasteiger partial charge in [0.05, 0.1) is 0 Å². The maximum Gasteiger partial charge on any atom is 0.0354 e. The standard InChI is InChI=1S/C15H23N3/c1-17-7-2-8-18(10-9-17)15-6-3-12-11-13(16)4-5-14(12)15/h4-5,11,15H,2-3,6-10,16H2,1H3. The minimum absolute atomic E-state index is 0.632. The van der Waals surface area contributed by atoms with Crippen LogP contribution in [0.5, 0.6) is 0 Å². The molecule has 1 heterocycles. The van der Waals surface area contributed by atoms with Gasteiger partial charge in [0.25, 0.3) is 0 Å². The van der Waals surface area contributed by atoms with E-state index >= 15 is 0 Å². The van der Waals surface area contributed by atoms with Crippen molar-refractivity contribution in [2.75, 3.05) is 39.0 Å². The van der Waals surface area contributed by atoms with Crippen molar-refractivity contribution < 1.29 is 0 Å². The Morgan fingerprint density at radius 1 is 1.17 bits per heavy atom. The number of anilines is 1. The summed E-state index contributed by atoms with van der Waals surface area (Å²) in [5.74, 6) is 0. The van der Waals surface area contributed by atoms with Gasteiger partial charge >= 0.3 is 0 Å². The number of hydrogen-bond acceptors (Lipinski definition) is 3. The van der Waals surface area contributed by atoms with E-state index in [1.54, 1.807) is 0 Å². The largest absolute Gasteiger partial charge is 0.399 e. The number of likely N-dealkylation sites (N-methyl/N-ethyl adjacent to an activating group) is 1. The van der Waals surface area contributed by atoms with Crippen molar-refractivity contribution in [2.45, 2.75) is 25.3 Å². The number of nitrogens with two attached hydrogens (primary N) is 1. The Hall–Kier alpha value is -1.06. The molecular formula is C15H23N3. The van der Waals surface area contributed by atoms with E-state index in [1.807, 2.05) is 0 Å². The lowest BCUT2D eigenvalue weighted by molar-refractivity contribution is 0.203. The van der Waals surface area contributed by atoms with Gasteiger partial charge in [0, 0.05) is 31.4 Å². The fraction of sp³-hybridized carbons (Fsp3) is 0.600. The summed E-state index contributed by atoms with van der Waals surface area (Å²) in [6.45, 7) is 4.86. The van der Waals surface area contributed by atoms with Crippen molar-refractivity contribution in [3.8, 4) is 0 Å². The first-order valence-electron chi connectivity index (χ1n) is 7.05. The predicted octanol–water partition coefficient (Wildman–Crippen LogP) is 1.89. The zero-order chi connectivity index (χ0) is 12.5. The van der Waals surface area contributed by atoms with Crippen LogP contribution in [0.25, 0.3) is 0 Å². The van der Waals surface area contributed by atoms with Crippen LogP contribution in [0.3, 0.4) is 0 Å². The third-order valence-corrected chi connectivity index (χ3v) is 4.41. The van der Waals surface area contributed by atoms with Gasteiger partial charge in [0.1, 0.15) is 0 Å². The number of nitrogens with zero attached hydrogens (tertiary/aromatic N) is 2. The van der Waals surface area contributed by atoms with Crippen LogP contribution in [-0.2, 0) is 6.42 Å². The van der Waals surface area contributed by atoms with E-state index in [-0.39, 0.29) is 0 Å². The van der Waals surface area contributed by atoms with Crippen molar-refractivity contribution in [1.82, 2.24) is 9.80 Å². The van der Waals surface area contributed by atoms with Crippen molar-refractivity contribution in [3.05, 3.63) is 29.3 Å². The van der Waals surface area contributed by atoms with Crippen LogP contribution >= 0.6 is 0 Å². The maximum absolute atomic E-state index is 5.88. The molecule has 1 atom stereocenters. The van der Waals surface area contributed by atoms with Crippen molar-refractivity contribution in [2.24, 2.45) is 0 Å². The summed E-state index contributed by atoms with van der Waals surface area (Å²) in [4.78, 5) is 5.12. The summed E-state index contributed by atoms with van der Waals surface area (Å²) in [6.07, 6.45) is 3.75. The van der Waals surface area contributed by atoms with Gasteiger partial charge in [-0.25, -0.2) is 0 Å². The molecule has 0 bridgehead atoms. The molecule has 0 radical (unpaired) electrons. The summed E-state index contributed by atoms with van der Waals surface area (Å²) < 4.78 is 0. The minimum Gasteiger partial charge on any atom is -0.399 e. The van der Waals surface area contributed by atoms with Gasteiger partial charge in [-0.2, -0.15) is 0 Å². The summed E-state index contributed by atoms with van der Waals surface area (Å²) in [5.41, 5.74) is 9.78. The molecule has 3 rings (SSSR count). The molecule has 0 saturated carbocycles. The van der Waals surface area contributed by atoms with E-state index in [9.17, 15) is 0 Å². The second-order valence-corrected chi connectivity index (χ2v) is 5.71. The van der Waals surface area contributed by atoms with Crippen LogP contribution in [-0.4, -0.2) is 43.0 Å². The first kappa shape index (κ1) is 12.0. The normalized spacial score (nSPS) is 25.9. The molecule has 98 valence electrons. The fourth-order valence-electron chi connectivity index (χ4n) is 3.37. The molecule has 0 spiro atoms. The van der Waals surface area contributed by atoms with E-state index in [4.69, 9.17) is 5.73 Å². The first-order chi connectivity index (χ1) is 8.74. The van der Waals surface area contributed by atoms with Crippen LogP contribution in [0.4, 0.5) is 5.69 Å². The highest BCUT2D eigenvalue weighted by Crippen LogP contribution is 2.36. The van der Waals surface area contributed by atoms with Gasteiger partial charge in [-0.15, -0.1) is 0 Å². The molecule has 3 nitrogen and oxygen atoms in total. The summed E-state index contributed by atoms with van der Waals surface area (Å²) in [5, 5.41) is 0. The lowest BCUT2D eigenvalue weighted by atomic mass is 10.1. The molecular weight excluding hydrogens is 222 g/mol. The maximum atomic E-state index is 5.88. The average molecular weight is 245 g/mol. The number of rotatable bonds is 1. The van der Waals surface area contributed by atoms with Crippen molar-refractivity contribution in [1.29, 1.82) is 0 Å². The molecule has 1 aromatic carbocycles. The molecule has 0 aromatic heterocycles.